The fraction of sp³-hybridized carbons (Fsp3) is 0.519. The van der Waals surface area contributed by atoms with Crippen molar-refractivity contribution >= 4 is 16.2 Å². The number of benzene rings is 2. The Hall–Kier alpha value is -2.42. The lowest BCUT2D eigenvalue weighted by Crippen LogP contribution is -2.31. The molecule has 2 aromatic carbocycles. The molecule has 1 aliphatic heterocycles. The highest BCUT2D eigenvalue weighted by Crippen LogP contribution is 2.49. The van der Waals surface area contributed by atoms with Crippen LogP contribution in [0.2, 0.25) is 0 Å². The van der Waals surface area contributed by atoms with Gasteiger partial charge in [0.25, 0.3) is 10.1 Å². The van der Waals surface area contributed by atoms with Crippen molar-refractivity contribution in [3.05, 3.63) is 59.2 Å². The monoisotopic (exact) mass is 502 g/mol. The van der Waals surface area contributed by atoms with Crippen molar-refractivity contribution in [2.75, 3.05) is 19.6 Å². The number of ether oxygens (including phenoxy) is 1. The number of piperidine rings is 1. The smallest absolute Gasteiger partial charge is 0.410 e. The lowest BCUT2D eigenvalue weighted by molar-refractivity contribution is 0.161. The molecule has 2 unspecified atom stereocenters. The van der Waals surface area contributed by atoms with E-state index in [2.05, 4.69) is 36.2 Å². The Morgan fingerprint density at radius 1 is 1.09 bits per heavy atom. The van der Waals surface area contributed by atoms with Gasteiger partial charge in [-0.2, -0.15) is 8.42 Å². The van der Waals surface area contributed by atoms with Gasteiger partial charge in [0.15, 0.2) is 0 Å². The number of aryl methyl sites for hydroxylation is 1. The highest BCUT2D eigenvalue weighted by atomic mass is 32.2. The Kier molecular flexibility index (Phi) is 9.71. The first kappa shape index (κ1) is 27.2. The van der Waals surface area contributed by atoms with E-state index >= 15 is 0 Å². The molecule has 7 nitrogen and oxygen atoms in total. The van der Waals surface area contributed by atoms with Crippen LogP contribution in [0.25, 0.3) is 0 Å². The van der Waals surface area contributed by atoms with Crippen molar-refractivity contribution in [3.63, 3.8) is 0 Å². The van der Waals surface area contributed by atoms with E-state index in [4.69, 9.17) is 9.29 Å². The van der Waals surface area contributed by atoms with Crippen LogP contribution in [0, 0.1) is 6.92 Å². The zero-order valence-electron chi connectivity index (χ0n) is 21.0. The van der Waals surface area contributed by atoms with Gasteiger partial charge in [-0.1, -0.05) is 56.9 Å². The Bertz CT molecular complexity index is 1090. The first-order chi connectivity index (χ1) is 16.7. The van der Waals surface area contributed by atoms with E-state index in [0.29, 0.717) is 24.3 Å². The van der Waals surface area contributed by atoms with Gasteiger partial charge in [-0.25, -0.2) is 4.79 Å². The number of carbonyl (C=O) groups is 1. The largest absolute Gasteiger partial charge is 0.412 e. The van der Waals surface area contributed by atoms with Gasteiger partial charge in [-0.3, -0.25) is 9.45 Å². The van der Waals surface area contributed by atoms with Gasteiger partial charge in [-0.15, -0.1) is 0 Å². The van der Waals surface area contributed by atoms with Gasteiger partial charge in [0.2, 0.25) is 0 Å². The van der Waals surface area contributed by atoms with E-state index < -0.39 is 10.1 Å². The van der Waals surface area contributed by atoms with Crippen molar-refractivity contribution in [1.82, 2.24) is 10.2 Å². The Morgan fingerprint density at radius 3 is 2.49 bits per heavy atom. The first-order valence-electron chi connectivity index (χ1n) is 12.6. The molecule has 2 bridgehead atoms. The van der Waals surface area contributed by atoms with E-state index in [9.17, 15) is 13.2 Å². The van der Waals surface area contributed by atoms with E-state index in [1.54, 1.807) is 12.1 Å². The number of hydrogen-bond donors (Lipinski definition) is 2. The van der Waals surface area contributed by atoms with Crippen LogP contribution in [-0.4, -0.2) is 43.6 Å². The minimum absolute atomic E-state index is 0.0666. The number of carbonyl (C=O) groups excluding carboxylic acids is 1. The molecule has 0 saturated carbocycles. The lowest BCUT2D eigenvalue weighted by Gasteiger charge is -2.32. The molecule has 1 aliphatic carbocycles. The Balaban J connectivity index is 0.000000261. The molecule has 2 aliphatic rings. The predicted molar refractivity (Wildman–Crippen MR) is 138 cm³/mol. The molecule has 2 atom stereocenters. The fourth-order valence-electron chi connectivity index (χ4n) is 4.87. The summed E-state index contributed by atoms with van der Waals surface area (Å²) in [6.45, 7) is 9.24. The van der Waals surface area contributed by atoms with E-state index in [-0.39, 0.29) is 11.0 Å². The number of nitrogens with zero attached hydrogens (tertiary/aromatic N) is 1. The van der Waals surface area contributed by atoms with Crippen LogP contribution in [0.15, 0.2) is 47.4 Å². The summed E-state index contributed by atoms with van der Waals surface area (Å²) < 4.78 is 35.0. The molecule has 1 heterocycles. The van der Waals surface area contributed by atoms with Crippen LogP contribution in [0.3, 0.4) is 0 Å². The summed E-state index contributed by atoms with van der Waals surface area (Å²) in [7, 11) is -4.02. The summed E-state index contributed by atoms with van der Waals surface area (Å²) in [5.41, 5.74) is 3.79. The molecule has 35 heavy (non-hydrogen) atoms. The molecule has 2 aromatic rings. The van der Waals surface area contributed by atoms with Crippen molar-refractivity contribution in [2.45, 2.75) is 76.2 Å². The van der Waals surface area contributed by atoms with Gasteiger partial charge < -0.3 is 10.1 Å². The average molecular weight is 503 g/mol. The van der Waals surface area contributed by atoms with Gasteiger partial charge in [0, 0.05) is 12.6 Å². The molecule has 0 radical (unpaired) electrons. The van der Waals surface area contributed by atoms with Gasteiger partial charge in [-0.05, 0) is 80.6 Å². The maximum absolute atomic E-state index is 11.9. The minimum atomic E-state index is -4.02. The maximum atomic E-state index is 11.9. The van der Waals surface area contributed by atoms with E-state index in [1.807, 2.05) is 13.0 Å². The lowest BCUT2D eigenvalue weighted by atomic mass is 9.95. The summed E-state index contributed by atoms with van der Waals surface area (Å²) in [4.78, 5) is 14.4. The Morgan fingerprint density at radius 2 is 1.83 bits per heavy atom. The zero-order valence-corrected chi connectivity index (χ0v) is 21.8. The number of amides is 1. The summed E-state index contributed by atoms with van der Waals surface area (Å²) in [6, 6.07) is 12.8. The number of hydrogen-bond acceptors (Lipinski definition) is 5. The van der Waals surface area contributed by atoms with Crippen LogP contribution in [0.4, 0.5) is 4.79 Å². The summed E-state index contributed by atoms with van der Waals surface area (Å²) in [5, 5.41) is 2.85. The van der Waals surface area contributed by atoms with Crippen molar-refractivity contribution in [1.29, 1.82) is 0 Å². The minimum Gasteiger partial charge on any atom is -0.410 e. The first-order valence-corrected chi connectivity index (χ1v) is 14.0. The standard InChI is InChI=1S/C20H30N2O2.C7H8O3S/c1-3-5-6-7-11-21-20(23)24-16-8-9-17-18(14-16)15-10-12-22(4-2)19(17)13-15;1-6-2-4-7(5-3-6)11(8,9)10/h8-9,14-15,19H,3-7,10-13H2,1-2H3,(H,21,23);2-5H,1H3,(H,8,9,10). The molecule has 8 heteroatoms. The molecule has 2 N–H and O–H groups in total. The number of rotatable bonds is 8. The second-order valence-corrected chi connectivity index (χ2v) is 10.7. The van der Waals surface area contributed by atoms with Gasteiger partial charge in [0.05, 0.1) is 4.90 Å². The van der Waals surface area contributed by atoms with Gasteiger partial charge in [0.1, 0.15) is 5.75 Å². The molecule has 0 aromatic heterocycles. The molecule has 1 fully saturated rings. The van der Waals surface area contributed by atoms with Crippen LogP contribution >= 0.6 is 0 Å². The number of unbranched alkanes of at least 4 members (excludes halogenated alkanes) is 3. The SMILES string of the molecule is CCCCCCNC(=O)Oc1ccc2c(c1)C1CCN(CC)C2C1.Cc1ccc(S(=O)(=O)O)cc1. The second kappa shape index (κ2) is 12.5. The third-order valence-electron chi connectivity index (χ3n) is 6.81. The molecular formula is C27H38N2O5S. The molecule has 1 amide bonds. The molecule has 0 spiro atoms. The highest BCUT2D eigenvalue weighted by molar-refractivity contribution is 7.85. The van der Waals surface area contributed by atoms with Crippen molar-refractivity contribution in [3.8, 4) is 5.75 Å². The van der Waals surface area contributed by atoms with E-state index in [0.717, 1.165) is 24.9 Å². The van der Waals surface area contributed by atoms with E-state index in [1.165, 1.54) is 55.5 Å². The Labute approximate surface area is 209 Å². The summed E-state index contributed by atoms with van der Waals surface area (Å²) in [6.07, 6.45) is 6.70. The number of nitrogens with one attached hydrogen (secondary N) is 1. The topological polar surface area (TPSA) is 95.9 Å². The second-order valence-electron chi connectivity index (χ2n) is 9.32. The molecule has 1 saturated heterocycles. The van der Waals surface area contributed by atoms with Crippen molar-refractivity contribution < 1.29 is 22.5 Å². The molecular weight excluding hydrogens is 464 g/mol. The third-order valence-corrected chi connectivity index (χ3v) is 7.67. The van der Waals surface area contributed by atoms with Crippen molar-refractivity contribution in [2.24, 2.45) is 0 Å². The fourth-order valence-corrected chi connectivity index (χ4v) is 5.35. The maximum Gasteiger partial charge on any atom is 0.412 e. The normalized spacial score (nSPS) is 18.9. The summed E-state index contributed by atoms with van der Waals surface area (Å²) in [5.74, 6) is 1.31. The molecule has 192 valence electrons. The third kappa shape index (κ3) is 7.53. The van der Waals surface area contributed by atoms with Crippen LogP contribution in [0.5, 0.6) is 5.75 Å². The zero-order chi connectivity index (χ0) is 25.4. The number of likely N-dealkylation sites (tertiary alicyclic amines) is 1. The van der Waals surface area contributed by atoms with Crippen LogP contribution in [0.1, 0.15) is 81.0 Å². The summed E-state index contributed by atoms with van der Waals surface area (Å²) >= 11 is 0. The quantitative estimate of drug-likeness (QED) is 0.347. The molecule has 4 rings (SSSR count). The van der Waals surface area contributed by atoms with Crippen LogP contribution in [-0.2, 0) is 10.1 Å². The predicted octanol–water partition coefficient (Wildman–Crippen LogP) is 5.85. The average Bonchev–Trinajstić information content (AvgIpc) is 3.11. The highest BCUT2D eigenvalue weighted by Gasteiger charge is 2.38. The van der Waals surface area contributed by atoms with Crippen LogP contribution < -0.4 is 10.1 Å². The number of fused-ring (bicyclic) bond motifs is 5. The van der Waals surface area contributed by atoms with Gasteiger partial charge >= 0.3 is 6.09 Å².